The van der Waals surface area contributed by atoms with Gasteiger partial charge in [0.2, 0.25) is 0 Å². The number of aliphatic carboxylic acids is 1. The quantitative estimate of drug-likeness (QED) is 0.752. The maximum atomic E-state index is 10.8. The first-order valence-corrected chi connectivity index (χ1v) is 5.65. The molecule has 1 aliphatic carbocycles. The number of nitrogens with zero attached hydrogens (tertiary/aromatic N) is 1. The zero-order valence-corrected chi connectivity index (χ0v) is 9.20. The van der Waals surface area contributed by atoms with Gasteiger partial charge in [-0.3, -0.25) is 4.79 Å². The van der Waals surface area contributed by atoms with Crippen LogP contribution in [0, 0.1) is 5.92 Å². The lowest BCUT2D eigenvalue weighted by atomic mass is 9.85. The second kappa shape index (κ2) is 5.35. The van der Waals surface area contributed by atoms with Gasteiger partial charge in [-0.15, -0.1) is 0 Å². The van der Waals surface area contributed by atoms with E-state index >= 15 is 0 Å². The van der Waals surface area contributed by atoms with Crippen molar-refractivity contribution >= 4 is 5.97 Å². The molecule has 0 aromatic carbocycles. The van der Waals surface area contributed by atoms with Crippen molar-refractivity contribution in [2.75, 3.05) is 13.1 Å². The summed E-state index contributed by atoms with van der Waals surface area (Å²) in [5.74, 6) is -0.690. The highest BCUT2D eigenvalue weighted by Gasteiger charge is 2.27. The molecule has 0 atom stereocenters. The highest BCUT2D eigenvalue weighted by atomic mass is 16.4. The van der Waals surface area contributed by atoms with E-state index < -0.39 is 5.97 Å². The number of hydrogen-bond donors (Lipinski definition) is 1. The summed E-state index contributed by atoms with van der Waals surface area (Å²) in [6, 6.07) is 0.626. The minimum atomic E-state index is -0.608. The molecule has 3 heteroatoms. The second-order valence-electron chi connectivity index (χ2n) is 4.06. The van der Waals surface area contributed by atoms with Crippen molar-refractivity contribution in [3.05, 3.63) is 0 Å². The van der Waals surface area contributed by atoms with Gasteiger partial charge in [0.05, 0.1) is 5.92 Å². The van der Waals surface area contributed by atoms with Crippen molar-refractivity contribution in [1.29, 1.82) is 0 Å². The van der Waals surface area contributed by atoms with Gasteiger partial charge in [0.25, 0.3) is 0 Å². The Bertz CT molecular complexity index is 182. The molecule has 82 valence electrons. The van der Waals surface area contributed by atoms with E-state index in [4.69, 9.17) is 5.11 Å². The van der Waals surface area contributed by atoms with E-state index in [1.807, 2.05) is 0 Å². The lowest BCUT2D eigenvalue weighted by Crippen LogP contribution is -2.38. The third-order valence-corrected chi connectivity index (χ3v) is 3.37. The van der Waals surface area contributed by atoms with Crippen LogP contribution in [-0.2, 0) is 4.79 Å². The molecule has 0 saturated heterocycles. The minimum absolute atomic E-state index is 0.0817. The van der Waals surface area contributed by atoms with Gasteiger partial charge < -0.3 is 10.0 Å². The predicted molar refractivity (Wildman–Crippen MR) is 56.3 cm³/mol. The molecule has 0 aliphatic heterocycles. The summed E-state index contributed by atoms with van der Waals surface area (Å²) in [6.07, 6.45) is 3.82. The molecule has 1 saturated carbocycles. The van der Waals surface area contributed by atoms with Gasteiger partial charge in [0.1, 0.15) is 0 Å². The highest BCUT2D eigenvalue weighted by Crippen LogP contribution is 2.27. The van der Waals surface area contributed by atoms with E-state index in [1.165, 1.54) is 0 Å². The normalized spacial score (nSPS) is 27.9. The number of rotatable bonds is 4. The highest BCUT2D eigenvalue weighted by molar-refractivity contribution is 5.70. The average molecular weight is 199 g/mol. The third kappa shape index (κ3) is 2.71. The van der Waals surface area contributed by atoms with Crippen LogP contribution in [0.25, 0.3) is 0 Å². The number of carboxylic acids is 1. The minimum Gasteiger partial charge on any atom is -0.481 e. The van der Waals surface area contributed by atoms with Gasteiger partial charge >= 0.3 is 5.97 Å². The number of hydrogen-bond acceptors (Lipinski definition) is 2. The van der Waals surface area contributed by atoms with Crippen LogP contribution >= 0.6 is 0 Å². The molecule has 3 nitrogen and oxygen atoms in total. The Kier molecular flexibility index (Phi) is 4.39. The Morgan fingerprint density at radius 2 is 1.71 bits per heavy atom. The molecular weight excluding hydrogens is 178 g/mol. The molecule has 0 aromatic heterocycles. The van der Waals surface area contributed by atoms with Gasteiger partial charge in [-0.05, 0) is 38.8 Å². The Morgan fingerprint density at radius 3 is 2.07 bits per heavy atom. The lowest BCUT2D eigenvalue weighted by molar-refractivity contribution is -0.143. The van der Waals surface area contributed by atoms with Crippen molar-refractivity contribution in [3.8, 4) is 0 Å². The second-order valence-corrected chi connectivity index (χ2v) is 4.06. The molecule has 1 fully saturated rings. The smallest absolute Gasteiger partial charge is 0.306 e. The van der Waals surface area contributed by atoms with Crippen LogP contribution in [0.1, 0.15) is 39.5 Å². The summed E-state index contributed by atoms with van der Waals surface area (Å²) in [4.78, 5) is 13.2. The molecule has 0 aromatic rings. The van der Waals surface area contributed by atoms with Gasteiger partial charge in [-0.25, -0.2) is 0 Å². The molecule has 1 aliphatic rings. The van der Waals surface area contributed by atoms with Crippen molar-refractivity contribution < 1.29 is 9.90 Å². The molecule has 1 rings (SSSR count). The molecule has 0 bridgehead atoms. The fraction of sp³-hybridized carbons (Fsp3) is 0.909. The fourth-order valence-corrected chi connectivity index (χ4v) is 2.43. The Labute approximate surface area is 86.1 Å². The average Bonchev–Trinajstić information content (AvgIpc) is 2.20. The van der Waals surface area contributed by atoms with Crippen LogP contribution in [0.4, 0.5) is 0 Å². The summed E-state index contributed by atoms with van der Waals surface area (Å²) in [5.41, 5.74) is 0. The summed E-state index contributed by atoms with van der Waals surface area (Å²) in [7, 11) is 0. The Balaban J connectivity index is 2.38. The zero-order valence-electron chi connectivity index (χ0n) is 9.20. The molecule has 0 radical (unpaired) electrons. The van der Waals surface area contributed by atoms with Crippen LogP contribution in [0.3, 0.4) is 0 Å². The van der Waals surface area contributed by atoms with E-state index in [-0.39, 0.29) is 5.92 Å². The summed E-state index contributed by atoms with van der Waals surface area (Å²) < 4.78 is 0. The predicted octanol–water partition coefficient (Wildman–Crippen LogP) is 1.97. The van der Waals surface area contributed by atoms with Crippen LogP contribution in [0.5, 0.6) is 0 Å². The van der Waals surface area contributed by atoms with E-state index in [0.29, 0.717) is 6.04 Å². The van der Waals surface area contributed by atoms with E-state index in [1.54, 1.807) is 0 Å². The SMILES string of the molecule is CCN(CC)[C@H]1CC[C@@H](C(=O)O)CC1. The largest absolute Gasteiger partial charge is 0.481 e. The maximum absolute atomic E-state index is 10.8. The molecule has 0 amide bonds. The third-order valence-electron chi connectivity index (χ3n) is 3.37. The van der Waals surface area contributed by atoms with E-state index in [0.717, 1.165) is 38.8 Å². The van der Waals surface area contributed by atoms with Gasteiger partial charge in [-0.2, -0.15) is 0 Å². The lowest BCUT2D eigenvalue weighted by Gasteiger charge is -2.34. The van der Waals surface area contributed by atoms with Crippen molar-refractivity contribution in [2.24, 2.45) is 5.92 Å². The first kappa shape index (κ1) is 11.5. The van der Waals surface area contributed by atoms with Crippen LogP contribution in [0.2, 0.25) is 0 Å². The van der Waals surface area contributed by atoms with Crippen LogP contribution in [0.15, 0.2) is 0 Å². The van der Waals surface area contributed by atoms with Gasteiger partial charge in [0.15, 0.2) is 0 Å². The van der Waals surface area contributed by atoms with Crippen molar-refractivity contribution in [1.82, 2.24) is 4.90 Å². The summed E-state index contributed by atoms with van der Waals surface area (Å²) in [6.45, 7) is 6.51. The topological polar surface area (TPSA) is 40.5 Å². The maximum Gasteiger partial charge on any atom is 0.306 e. The molecule has 0 heterocycles. The Morgan fingerprint density at radius 1 is 1.21 bits per heavy atom. The van der Waals surface area contributed by atoms with Crippen LogP contribution < -0.4 is 0 Å². The zero-order chi connectivity index (χ0) is 10.6. The fourth-order valence-electron chi connectivity index (χ4n) is 2.43. The summed E-state index contributed by atoms with van der Waals surface area (Å²) in [5, 5.41) is 8.86. The van der Waals surface area contributed by atoms with Gasteiger partial charge in [0, 0.05) is 6.04 Å². The first-order chi connectivity index (χ1) is 6.69. The number of carbonyl (C=O) groups is 1. The van der Waals surface area contributed by atoms with Crippen LogP contribution in [-0.4, -0.2) is 35.1 Å². The number of carboxylic acid groups (broad SMARTS) is 1. The first-order valence-electron chi connectivity index (χ1n) is 5.65. The molecule has 14 heavy (non-hydrogen) atoms. The molecule has 1 N–H and O–H groups in total. The van der Waals surface area contributed by atoms with Crippen molar-refractivity contribution in [2.45, 2.75) is 45.6 Å². The molecule has 0 spiro atoms. The molecule has 0 unspecified atom stereocenters. The van der Waals surface area contributed by atoms with E-state index in [9.17, 15) is 4.79 Å². The van der Waals surface area contributed by atoms with E-state index in [2.05, 4.69) is 18.7 Å². The van der Waals surface area contributed by atoms with Gasteiger partial charge in [-0.1, -0.05) is 13.8 Å². The monoisotopic (exact) mass is 199 g/mol. The molecular formula is C11H21NO2. The van der Waals surface area contributed by atoms with Crippen molar-refractivity contribution in [3.63, 3.8) is 0 Å². The standard InChI is InChI=1S/C11H21NO2/c1-3-12(4-2)10-7-5-9(6-8-10)11(13)14/h9-10H,3-8H2,1-2H3,(H,13,14)/t9-,10+. The Hall–Kier alpha value is -0.570. The summed E-state index contributed by atoms with van der Waals surface area (Å²) >= 11 is 0.